The van der Waals surface area contributed by atoms with Gasteiger partial charge in [-0.3, -0.25) is 0 Å². The summed E-state index contributed by atoms with van der Waals surface area (Å²) in [5.41, 5.74) is 0.263. The first-order valence-corrected chi connectivity index (χ1v) is 7.38. The molecule has 1 N–H and O–H groups in total. The Labute approximate surface area is 108 Å². The van der Waals surface area contributed by atoms with Crippen molar-refractivity contribution in [3.63, 3.8) is 0 Å². The Morgan fingerprint density at radius 3 is 2.65 bits per heavy atom. The number of hydrogen-bond donors (Lipinski definition) is 1. The zero-order chi connectivity index (χ0) is 12.9. The largest absolute Gasteiger partial charge is 0.312 e. The molecule has 1 fully saturated rings. The third-order valence-electron chi connectivity index (χ3n) is 3.79. The van der Waals surface area contributed by atoms with E-state index in [2.05, 4.69) is 44.8 Å². The molecule has 1 aliphatic heterocycles. The summed E-state index contributed by atoms with van der Waals surface area (Å²) in [6.07, 6.45) is 4.09. The van der Waals surface area contributed by atoms with E-state index in [-0.39, 0.29) is 5.54 Å². The van der Waals surface area contributed by atoms with E-state index in [9.17, 15) is 0 Å². The van der Waals surface area contributed by atoms with Gasteiger partial charge in [0.2, 0.25) is 0 Å². The quantitative estimate of drug-likeness (QED) is 0.794. The van der Waals surface area contributed by atoms with Gasteiger partial charge in [0, 0.05) is 18.6 Å². The molecule has 0 amide bonds. The summed E-state index contributed by atoms with van der Waals surface area (Å²) in [6.45, 7) is 16.5. The van der Waals surface area contributed by atoms with Crippen molar-refractivity contribution in [2.45, 2.75) is 59.4 Å². The van der Waals surface area contributed by atoms with Gasteiger partial charge >= 0.3 is 0 Å². The maximum absolute atomic E-state index is 3.65. The Hall–Kier alpha value is -0.0800. The molecule has 0 bridgehead atoms. The van der Waals surface area contributed by atoms with E-state index in [1.54, 1.807) is 0 Å². The van der Waals surface area contributed by atoms with E-state index < -0.39 is 0 Å². The van der Waals surface area contributed by atoms with Crippen molar-refractivity contribution < 1.29 is 0 Å². The molecule has 17 heavy (non-hydrogen) atoms. The van der Waals surface area contributed by atoms with Gasteiger partial charge < -0.3 is 10.2 Å². The van der Waals surface area contributed by atoms with Gasteiger partial charge in [0.05, 0.1) is 0 Å². The van der Waals surface area contributed by atoms with E-state index >= 15 is 0 Å². The van der Waals surface area contributed by atoms with Crippen molar-refractivity contribution in [3.05, 3.63) is 0 Å². The molecular formula is C15H32N2. The highest BCUT2D eigenvalue weighted by molar-refractivity contribution is 4.79. The van der Waals surface area contributed by atoms with E-state index in [0.717, 1.165) is 11.8 Å². The zero-order valence-electron chi connectivity index (χ0n) is 12.6. The minimum atomic E-state index is 0.263. The lowest BCUT2D eigenvalue weighted by molar-refractivity contribution is 0.147. The topological polar surface area (TPSA) is 15.3 Å². The van der Waals surface area contributed by atoms with E-state index in [1.165, 1.54) is 45.4 Å². The molecule has 2 atom stereocenters. The van der Waals surface area contributed by atoms with Crippen LogP contribution in [0.3, 0.4) is 0 Å². The van der Waals surface area contributed by atoms with Gasteiger partial charge in [0.1, 0.15) is 0 Å². The normalized spacial score (nSPS) is 24.9. The van der Waals surface area contributed by atoms with Gasteiger partial charge in [-0.2, -0.15) is 0 Å². The Morgan fingerprint density at radius 1 is 1.35 bits per heavy atom. The second kappa shape index (κ2) is 6.75. The van der Waals surface area contributed by atoms with Crippen molar-refractivity contribution >= 4 is 0 Å². The van der Waals surface area contributed by atoms with E-state index in [4.69, 9.17) is 0 Å². The second-order valence-electron chi connectivity index (χ2n) is 6.91. The molecule has 2 heteroatoms. The van der Waals surface area contributed by atoms with Crippen molar-refractivity contribution in [2.75, 3.05) is 26.2 Å². The van der Waals surface area contributed by atoms with Crippen molar-refractivity contribution in [1.82, 2.24) is 10.2 Å². The molecule has 0 aromatic heterocycles. The summed E-state index contributed by atoms with van der Waals surface area (Å²) in [4.78, 5) is 2.67. The number of piperidine rings is 1. The maximum atomic E-state index is 3.65. The Morgan fingerprint density at radius 2 is 2.06 bits per heavy atom. The molecule has 2 unspecified atom stereocenters. The summed E-state index contributed by atoms with van der Waals surface area (Å²) >= 11 is 0. The van der Waals surface area contributed by atoms with Gasteiger partial charge in [-0.1, -0.05) is 20.3 Å². The maximum Gasteiger partial charge on any atom is 0.00966 e. The average molecular weight is 240 g/mol. The molecule has 102 valence electrons. The van der Waals surface area contributed by atoms with E-state index in [0.29, 0.717) is 0 Å². The number of nitrogens with one attached hydrogen (secondary N) is 1. The van der Waals surface area contributed by atoms with Crippen LogP contribution in [0.1, 0.15) is 53.9 Å². The number of likely N-dealkylation sites (tertiary alicyclic amines) is 1. The Bertz CT molecular complexity index is 207. The fourth-order valence-electron chi connectivity index (χ4n) is 2.50. The fraction of sp³-hybridized carbons (Fsp3) is 1.00. The molecule has 0 spiro atoms. The zero-order valence-corrected chi connectivity index (χ0v) is 12.6. The first-order valence-electron chi connectivity index (χ1n) is 7.38. The standard InChI is InChI=1S/C15H32N2/c1-6-13(2)11-17-9-7-8-14(12-17)10-16-15(3,4)5/h13-14,16H,6-12H2,1-5H3. The number of hydrogen-bond acceptors (Lipinski definition) is 2. The van der Waals surface area contributed by atoms with Gasteiger partial charge in [0.25, 0.3) is 0 Å². The molecule has 1 aliphatic rings. The predicted octanol–water partition coefficient (Wildman–Crippen LogP) is 3.13. The SMILES string of the molecule is CCC(C)CN1CCCC(CNC(C)(C)C)C1. The van der Waals surface area contributed by atoms with Crippen molar-refractivity contribution in [2.24, 2.45) is 11.8 Å². The molecule has 0 aromatic rings. The molecule has 1 saturated heterocycles. The predicted molar refractivity (Wildman–Crippen MR) is 76.4 cm³/mol. The lowest BCUT2D eigenvalue weighted by atomic mass is 9.95. The molecule has 0 saturated carbocycles. The molecule has 1 rings (SSSR count). The monoisotopic (exact) mass is 240 g/mol. The number of nitrogens with zero attached hydrogens (tertiary/aromatic N) is 1. The van der Waals surface area contributed by atoms with Gasteiger partial charge in [-0.15, -0.1) is 0 Å². The minimum Gasteiger partial charge on any atom is -0.312 e. The van der Waals surface area contributed by atoms with Gasteiger partial charge in [-0.05, 0) is 58.5 Å². The molecule has 0 aromatic carbocycles. The third-order valence-corrected chi connectivity index (χ3v) is 3.79. The van der Waals surface area contributed by atoms with Crippen LogP contribution >= 0.6 is 0 Å². The molecular weight excluding hydrogens is 208 g/mol. The Kier molecular flexibility index (Phi) is 5.94. The highest BCUT2D eigenvalue weighted by Gasteiger charge is 2.22. The minimum absolute atomic E-state index is 0.263. The van der Waals surface area contributed by atoms with Crippen LogP contribution in [0.25, 0.3) is 0 Å². The van der Waals surface area contributed by atoms with Gasteiger partial charge in [0.15, 0.2) is 0 Å². The first kappa shape index (κ1) is 15.0. The summed E-state index contributed by atoms with van der Waals surface area (Å²) in [7, 11) is 0. The lowest BCUT2D eigenvalue weighted by Gasteiger charge is -2.35. The number of rotatable bonds is 5. The molecule has 0 aliphatic carbocycles. The van der Waals surface area contributed by atoms with Crippen molar-refractivity contribution in [3.8, 4) is 0 Å². The summed E-state index contributed by atoms with van der Waals surface area (Å²) in [5.74, 6) is 1.70. The van der Waals surface area contributed by atoms with Crippen LogP contribution in [-0.2, 0) is 0 Å². The van der Waals surface area contributed by atoms with Crippen LogP contribution in [0.5, 0.6) is 0 Å². The Balaban J connectivity index is 2.28. The summed E-state index contributed by atoms with van der Waals surface area (Å²) in [5, 5.41) is 3.65. The molecule has 2 nitrogen and oxygen atoms in total. The van der Waals surface area contributed by atoms with E-state index in [1.807, 2.05) is 0 Å². The summed E-state index contributed by atoms with van der Waals surface area (Å²) in [6, 6.07) is 0. The van der Waals surface area contributed by atoms with Crippen LogP contribution in [-0.4, -0.2) is 36.6 Å². The highest BCUT2D eigenvalue weighted by atomic mass is 15.1. The van der Waals surface area contributed by atoms with Crippen LogP contribution in [0, 0.1) is 11.8 Å². The molecule has 0 radical (unpaired) electrons. The highest BCUT2D eigenvalue weighted by Crippen LogP contribution is 2.18. The third kappa shape index (κ3) is 6.42. The first-order chi connectivity index (χ1) is 7.90. The van der Waals surface area contributed by atoms with Gasteiger partial charge in [-0.25, -0.2) is 0 Å². The second-order valence-corrected chi connectivity index (χ2v) is 6.91. The van der Waals surface area contributed by atoms with Crippen LogP contribution in [0.15, 0.2) is 0 Å². The summed E-state index contributed by atoms with van der Waals surface area (Å²) < 4.78 is 0. The lowest BCUT2D eigenvalue weighted by Crippen LogP contribution is -2.45. The average Bonchev–Trinajstić information content (AvgIpc) is 2.26. The van der Waals surface area contributed by atoms with Crippen molar-refractivity contribution in [1.29, 1.82) is 0 Å². The fourth-order valence-corrected chi connectivity index (χ4v) is 2.50. The van der Waals surface area contributed by atoms with Crippen LogP contribution < -0.4 is 5.32 Å². The van der Waals surface area contributed by atoms with Crippen LogP contribution in [0.4, 0.5) is 0 Å². The smallest absolute Gasteiger partial charge is 0.00966 e. The van der Waals surface area contributed by atoms with Crippen LogP contribution in [0.2, 0.25) is 0 Å². The molecule has 1 heterocycles.